The molecule has 0 aromatic carbocycles. The van der Waals surface area contributed by atoms with E-state index in [1.54, 1.807) is 7.05 Å². The molecule has 1 N–H and O–H groups in total. The van der Waals surface area contributed by atoms with Crippen LogP contribution in [-0.2, 0) is 21.7 Å². The van der Waals surface area contributed by atoms with Gasteiger partial charge in [-0.3, -0.25) is 4.79 Å². The Morgan fingerprint density at radius 3 is 2.57 bits per heavy atom. The van der Waals surface area contributed by atoms with E-state index in [4.69, 9.17) is 0 Å². The van der Waals surface area contributed by atoms with Gasteiger partial charge in [-0.25, -0.2) is 8.42 Å². The second-order valence-corrected chi connectivity index (χ2v) is 8.75. The van der Waals surface area contributed by atoms with E-state index in [-0.39, 0.29) is 11.2 Å². The molecule has 2 saturated carbocycles. The lowest BCUT2D eigenvalue weighted by Gasteiger charge is -2.29. The van der Waals surface area contributed by atoms with Gasteiger partial charge in [-0.15, -0.1) is 10.2 Å². The Hall–Kier alpha value is -1.44. The molecule has 1 heterocycles. The van der Waals surface area contributed by atoms with Gasteiger partial charge in [0.25, 0.3) is 0 Å². The van der Waals surface area contributed by atoms with Crippen molar-refractivity contribution in [3.05, 3.63) is 5.82 Å². The van der Waals surface area contributed by atoms with Crippen LogP contribution in [0.3, 0.4) is 0 Å². The van der Waals surface area contributed by atoms with Crippen molar-refractivity contribution in [2.75, 3.05) is 5.75 Å². The van der Waals surface area contributed by atoms with Crippen LogP contribution in [0.5, 0.6) is 0 Å². The van der Waals surface area contributed by atoms with E-state index in [2.05, 4.69) is 22.4 Å². The topological polar surface area (TPSA) is 93.9 Å². The van der Waals surface area contributed by atoms with Crippen LogP contribution in [0.1, 0.15) is 57.2 Å². The number of aromatic nitrogens is 3. The number of hydrogen-bond donors (Lipinski definition) is 1. The van der Waals surface area contributed by atoms with Gasteiger partial charge in [0.05, 0.1) is 0 Å². The number of hydrogen-bond acceptors (Lipinski definition) is 5. The van der Waals surface area contributed by atoms with Gasteiger partial charge >= 0.3 is 0 Å². The summed E-state index contributed by atoms with van der Waals surface area (Å²) in [6.45, 7) is 2.10. The minimum absolute atomic E-state index is 0.0768. The molecule has 8 heteroatoms. The van der Waals surface area contributed by atoms with E-state index in [1.807, 2.05) is 0 Å². The van der Waals surface area contributed by atoms with Crippen LogP contribution in [-0.4, -0.2) is 40.9 Å². The Morgan fingerprint density at radius 1 is 1.22 bits per heavy atom. The van der Waals surface area contributed by atoms with Crippen molar-refractivity contribution in [1.29, 1.82) is 0 Å². The SMILES string of the molecule is C[C@H]1CCCC[C@H]1NC(=O)CS(=O)(=O)c1nnc(C2CC2)n1C. The lowest BCUT2D eigenvalue weighted by molar-refractivity contribution is -0.119. The number of nitrogens with zero attached hydrogens (tertiary/aromatic N) is 3. The van der Waals surface area contributed by atoms with Crippen molar-refractivity contribution in [3.8, 4) is 0 Å². The molecule has 1 aromatic rings. The van der Waals surface area contributed by atoms with Gasteiger partial charge in [-0.2, -0.15) is 0 Å². The third-order valence-corrected chi connectivity index (χ3v) is 6.42. The van der Waals surface area contributed by atoms with E-state index >= 15 is 0 Å². The van der Waals surface area contributed by atoms with Crippen LogP contribution in [0, 0.1) is 5.92 Å². The molecular formula is C15H24N4O3S. The predicted octanol–water partition coefficient (Wildman–Crippen LogP) is 1.16. The summed E-state index contributed by atoms with van der Waals surface area (Å²) in [7, 11) is -2.11. The summed E-state index contributed by atoms with van der Waals surface area (Å²) >= 11 is 0. The smallest absolute Gasteiger partial charge is 0.250 e. The number of rotatable bonds is 5. The van der Waals surface area contributed by atoms with Gasteiger partial charge < -0.3 is 9.88 Å². The van der Waals surface area contributed by atoms with E-state index in [0.29, 0.717) is 17.7 Å². The summed E-state index contributed by atoms with van der Waals surface area (Å²) in [5, 5.41) is 10.6. The molecule has 0 bridgehead atoms. The highest BCUT2D eigenvalue weighted by Crippen LogP contribution is 2.39. The average molecular weight is 340 g/mol. The van der Waals surface area contributed by atoms with Crippen LogP contribution >= 0.6 is 0 Å². The van der Waals surface area contributed by atoms with Crippen molar-refractivity contribution in [1.82, 2.24) is 20.1 Å². The maximum atomic E-state index is 12.5. The highest BCUT2D eigenvalue weighted by Gasteiger charge is 2.33. The molecule has 0 saturated heterocycles. The predicted molar refractivity (Wildman–Crippen MR) is 84.6 cm³/mol. The van der Waals surface area contributed by atoms with E-state index in [9.17, 15) is 13.2 Å². The number of carbonyl (C=O) groups is 1. The lowest BCUT2D eigenvalue weighted by atomic mass is 9.86. The number of carbonyl (C=O) groups excluding carboxylic acids is 1. The largest absolute Gasteiger partial charge is 0.352 e. The normalized spacial score (nSPS) is 25.3. The second-order valence-electron chi connectivity index (χ2n) is 6.87. The average Bonchev–Trinajstić information content (AvgIpc) is 3.23. The first-order valence-corrected chi connectivity index (χ1v) is 9.95. The summed E-state index contributed by atoms with van der Waals surface area (Å²) in [6.07, 6.45) is 6.29. The van der Waals surface area contributed by atoms with Crippen molar-refractivity contribution in [2.24, 2.45) is 13.0 Å². The first kappa shape index (κ1) is 16.4. The molecule has 0 radical (unpaired) electrons. The zero-order chi connectivity index (χ0) is 16.6. The molecule has 0 spiro atoms. The minimum atomic E-state index is -3.77. The summed E-state index contributed by atoms with van der Waals surface area (Å²) in [6, 6.07) is 0.0768. The van der Waals surface area contributed by atoms with Gasteiger partial charge in [0, 0.05) is 19.0 Å². The van der Waals surface area contributed by atoms with Crippen molar-refractivity contribution < 1.29 is 13.2 Å². The zero-order valence-corrected chi connectivity index (χ0v) is 14.5. The van der Waals surface area contributed by atoms with Crippen molar-refractivity contribution >= 4 is 15.7 Å². The summed E-state index contributed by atoms with van der Waals surface area (Å²) in [5.74, 6) is 0.400. The Labute approximate surface area is 136 Å². The molecule has 2 aliphatic carbocycles. The molecule has 7 nitrogen and oxygen atoms in total. The van der Waals surface area contributed by atoms with Gasteiger partial charge in [0.15, 0.2) is 0 Å². The standard InChI is InChI=1S/C15H24N4O3S/c1-10-5-3-4-6-12(10)16-13(20)9-23(21,22)15-18-17-14(19(15)2)11-7-8-11/h10-12H,3-9H2,1-2H3,(H,16,20)/t10-,12+/m0/s1. The maximum Gasteiger partial charge on any atom is 0.250 e. The van der Waals surface area contributed by atoms with Crippen LogP contribution in [0.2, 0.25) is 0 Å². The third kappa shape index (κ3) is 3.57. The Balaban J connectivity index is 1.67. The molecule has 2 atom stereocenters. The first-order valence-electron chi connectivity index (χ1n) is 8.30. The molecule has 23 heavy (non-hydrogen) atoms. The fraction of sp³-hybridized carbons (Fsp3) is 0.800. The molecule has 0 unspecified atom stereocenters. The van der Waals surface area contributed by atoms with Crippen LogP contribution < -0.4 is 5.32 Å². The molecule has 128 valence electrons. The molecule has 0 aliphatic heterocycles. The highest BCUT2D eigenvalue weighted by atomic mass is 32.2. The van der Waals surface area contributed by atoms with E-state index < -0.39 is 21.5 Å². The fourth-order valence-corrected chi connectivity index (χ4v) is 4.54. The maximum absolute atomic E-state index is 12.5. The molecule has 1 aromatic heterocycles. The van der Waals surface area contributed by atoms with Crippen molar-refractivity contribution in [3.63, 3.8) is 0 Å². The van der Waals surface area contributed by atoms with E-state index in [1.165, 1.54) is 11.0 Å². The summed E-state index contributed by atoms with van der Waals surface area (Å²) in [5.41, 5.74) is 0. The van der Waals surface area contributed by atoms with Gasteiger partial charge in [0.1, 0.15) is 11.6 Å². The Kier molecular flexibility index (Phi) is 4.44. The minimum Gasteiger partial charge on any atom is -0.352 e. The Bertz CT molecular complexity index is 694. The number of nitrogens with one attached hydrogen (secondary N) is 1. The van der Waals surface area contributed by atoms with Gasteiger partial charge in [-0.1, -0.05) is 19.8 Å². The van der Waals surface area contributed by atoms with Gasteiger partial charge in [-0.05, 0) is 31.6 Å². The van der Waals surface area contributed by atoms with Crippen LogP contribution in [0.25, 0.3) is 0 Å². The molecule has 3 rings (SSSR count). The summed E-state index contributed by atoms with van der Waals surface area (Å²) in [4.78, 5) is 12.2. The molecule has 2 fully saturated rings. The fourth-order valence-electron chi connectivity index (χ4n) is 3.31. The van der Waals surface area contributed by atoms with Gasteiger partial charge in [0.2, 0.25) is 20.9 Å². The number of amides is 1. The monoisotopic (exact) mass is 340 g/mol. The lowest BCUT2D eigenvalue weighted by Crippen LogP contribution is -2.43. The molecular weight excluding hydrogens is 316 g/mol. The Morgan fingerprint density at radius 2 is 1.91 bits per heavy atom. The molecule has 2 aliphatic rings. The third-order valence-electron chi connectivity index (χ3n) is 4.87. The quantitative estimate of drug-likeness (QED) is 0.868. The highest BCUT2D eigenvalue weighted by molar-refractivity contribution is 7.91. The van der Waals surface area contributed by atoms with Crippen molar-refractivity contribution in [2.45, 2.75) is 62.6 Å². The van der Waals surface area contributed by atoms with Crippen LogP contribution in [0.15, 0.2) is 5.16 Å². The summed E-state index contributed by atoms with van der Waals surface area (Å²) < 4.78 is 26.4. The zero-order valence-electron chi connectivity index (χ0n) is 13.7. The first-order chi connectivity index (χ1) is 10.9. The second kappa shape index (κ2) is 6.22. The van der Waals surface area contributed by atoms with E-state index in [0.717, 1.165) is 32.1 Å². The number of sulfone groups is 1. The van der Waals surface area contributed by atoms with Crippen LogP contribution in [0.4, 0.5) is 0 Å². The molecule has 1 amide bonds.